The molecule has 0 unspecified atom stereocenters. The summed E-state index contributed by atoms with van der Waals surface area (Å²) in [5.74, 6) is -0.239. The van der Waals surface area contributed by atoms with Crippen LogP contribution in [0, 0.1) is 10.1 Å². The molecule has 0 saturated carbocycles. The van der Waals surface area contributed by atoms with Crippen molar-refractivity contribution in [2.75, 3.05) is 12.4 Å². The molecule has 0 aliphatic carbocycles. The quantitative estimate of drug-likeness (QED) is 0.569. The van der Waals surface area contributed by atoms with Crippen LogP contribution in [-0.2, 0) is 0 Å². The standard InChI is InChI=1S/C17H14N4O4/c1-25-16-6-5-14(21(23)24)10-15(16)17(22)19-12-3-2-4-13(9-12)20-8-7-18-11-20/h2-11H,1H3,(H,19,22). The second-order valence-corrected chi connectivity index (χ2v) is 5.12. The molecule has 0 atom stereocenters. The normalized spacial score (nSPS) is 10.3. The van der Waals surface area contributed by atoms with Gasteiger partial charge in [-0.15, -0.1) is 0 Å². The molecule has 1 N–H and O–H groups in total. The number of benzene rings is 2. The highest BCUT2D eigenvalue weighted by Crippen LogP contribution is 2.25. The minimum Gasteiger partial charge on any atom is -0.496 e. The number of hydrogen-bond donors (Lipinski definition) is 1. The number of aromatic nitrogens is 2. The maximum atomic E-state index is 12.5. The zero-order chi connectivity index (χ0) is 17.8. The molecule has 0 bridgehead atoms. The second kappa shape index (κ2) is 6.83. The first kappa shape index (κ1) is 16.2. The SMILES string of the molecule is COc1ccc([N+](=O)[O-])cc1C(=O)Nc1cccc(-n2ccnc2)c1. The summed E-state index contributed by atoms with van der Waals surface area (Å²) in [7, 11) is 1.40. The van der Waals surface area contributed by atoms with E-state index in [2.05, 4.69) is 10.3 Å². The summed E-state index contributed by atoms with van der Waals surface area (Å²) in [6, 6.07) is 11.0. The molecule has 0 radical (unpaired) electrons. The van der Waals surface area contributed by atoms with Crippen molar-refractivity contribution < 1.29 is 14.5 Å². The molecule has 0 fully saturated rings. The van der Waals surface area contributed by atoms with Crippen molar-refractivity contribution in [1.29, 1.82) is 0 Å². The average Bonchev–Trinajstić information content (AvgIpc) is 3.16. The highest BCUT2D eigenvalue weighted by molar-refractivity contribution is 6.06. The molecule has 1 aromatic heterocycles. The Morgan fingerprint density at radius 3 is 2.80 bits per heavy atom. The van der Waals surface area contributed by atoms with E-state index in [9.17, 15) is 14.9 Å². The number of hydrogen-bond acceptors (Lipinski definition) is 5. The van der Waals surface area contributed by atoms with Crippen molar-refractivity contribution in [3.8, 4) is 11.4 Å². The number of carbonyl (C=O) groups is 1. The number of non-ortho nitro benzene ring substituents is 1. The Labute approximate surface area is 142 Å². The van der Waals surface area contributed by atoms with Gasteiger partial charge >= 0.3 is 0 Å². The molecule has 0 aliphatic heterocycles. The first-order chi connectivity index (χ1) is 12.1. The van der Waals surface area contributed by atoms with Gasteiger partial charge in [0.25, 0.3) is 11.6 Å². The van der Waals surface area contributed by atoms with E-state index < -0.39 is 10.8 Å². The number of methoxy groups -OCH3 is 1. The van der Waals surface area contributed by atoms with Crippen molar-refractivity contribution >= 4 is 17.3 Å². The zero-order valence-corrected chi connectivity index (χ0v) is 13.2. The van der Waals surface area contributed by atoms with E-state index >= 15 is 0 Å². The van der Waals surface area contributed by atoms with Crippen LogP contribution in [0.1, 0.15) is 10.4 Å². The molecule has 126 valence electrons. The predicted molar refractivity (Wildman–Crippen MR) is 91.2 cm³/mol. The van der Waals surface area contributed by atoms with E-state index in [1.54, 1.807) is 41.5 Å². The fraction of sp³-hybridized carbons (Fsp3) is 0.0588. The maximum Gasteiger partial charge on any atom is 0.270 e. The number of imidazole rings is 1. The number of nitro benzene ring substituents is 1. The predicted octanol–water partition coefficient (Wildman–Crippen LogP) is 3.04. The summed E-state index contributed by atoms with van der Waals surface area (Å²) in [6.07, 6.45) is 5.08. The molecule has 3 rings (SSSR count). The number of nitrogens with one attached hydrogen (secondary N) is 1. The van der Waals surface area contributed by atoms with Crippen LogP contribution in [0.25, 0.3) is 5.69 Å². The lowest BCUT2D eigenvalue weighted by atomic mass is 10.1. The smallest absolute Gasteiger partial charge is 0.270 e. The van der Waals surface area contributed by atoms with Gasteiger partial charge < -0.3 is 14.6 Å². The summed E-state index contributed by atoms with van der Waals surface area (Å²) >= 11 is 0. The van der Waals surface area contributed by atoms with Crippen molar-refractivity contribution in [2.24, 2.45) is 0 Å². The third kappa shape index (κ3) is 3.47. The highest BCUT2D eigenvalue weighted by atomic mass is 16.6. The largest absolute Gasteiger partial charge is 0.496 e. The highest BCUT2D eigenvalue weighted by Gasteiger charge is 2.17. The van der Waals surface area contributed by atoms with E-state index in [0.717, 1.165) is 5.69 Å². The second-order valence-electron chi connectivity index (χ2n) is 5.12. The van der Waals surface area contributed by atoms with Crippen molar-refractivity contribution in [1.82, 2.24) is 9.55 Å². The van der Waals surface area contributed by atoms with Gasteiger partial charge in [0.05, 0.1) is 23.9 Å². The van der Waals surface area contributed by atoms with Gasteiger partial charge in [0.1, 0.15) is 5.75 Å². The molecule has 1 amide bonds. The first-order valence-corrected chi connectivity index (χ1v) is 7.30. The first-order valence-electron chi connectivity index (χ1n) is 7.30. The summed E-state index contributed by atoms with van der Waals surface area (Å²) < 4.78 is 6.92. The lowest BCUT2D eigenvalue weighted by molar-refractivity contribution is -0.384. The van der Waals surface area contributed by atoms with Crippen LogP contribution >= 0.6 is 0 Å². The number of nitro groups is 1. The lowest BCUT2D eigenvalue weighted by Gasteiger charge is -2.10. The van der Waals surface area contributed by atoms with Gasteiger partial charge in [-0.05, 0) is 24.3 Å². The summed E-state index contributed by atoms with van der Waals surface area (Å²) in [5, 5.41) is 13.7. The van der Waals surface area contributed by atoms with Gasteiger partial charge in [-0.2, -0.15) is 0 Å². The van der Waals surface area contributed by atoms with Crippen LogP contribution < -0.4 is 10.1 Å². The summed E-state index contributed by atoms with van der Waals surface area (Å²) in [4.78, 5) is 26.9. The van der Waals surface area contributed by atoms with Gasteiger partial charge in [0.15, 0.2) is 0 Å². The zero-order valence-electron chi connectivity index (χ0n) is 13.2. The third-order valence-corrected chi connectivity index (χ3v) is 3.55. The minimum atomic E-state index is -0.560. The van der Waals surface area contributed by atoms with Crippen LogP contribution in [0.5, 0.6) is 5.75 Å². The Bertz CT molecular complexity index is 922. The third-order valence-electron chi connectivity index (χ3n) is 3.55. The van der Waals surface area contributed by atoms with Crippen molar-refractivity contribution in [3.63, 3.8) is 0 Å². The van der Waals surface area contributed by atoms with E-state index in [4.69, 9.17) is 4.74 Å². The molecule has 1 heterocycles. The van der Waals surface area contributed by atoms with Gasteiger partial charge in [0.2, 0.25) is 0 Å². The van der Waals surface area contributed by atoms with Crippen molar-refractivity contribution in [2.45, 2.75) is 0 Å². The van der Waals surface area contributed by atoms with Crippen LogP contribution in [0.3, 0.4) is 0 Å². The van der Waals surface area contributed by atoms with Gasteiger partial charge in [-0.25, -0.2) is 4.98 Å². The number of nitrogens with zero attached hydrogens (tertiary/aromatic N) is 3. The monoisotopic (exact) mass is 338 g/mol. The van der Waals surface area contributed by atoms with E-state index in [1.807, 2.05) is 6.07 Å². The van der Waals surface area contributed by atoms with Crippen LogP contribution in [0.15, 0.2) is 61.2 Å². The average molecular weight is 338 g/mol. The van der Waals surface area contributed by atoms with Crippen LogP contribution in [0.4, 0.5) is 11.4 Å². The maximum absolute atomic E-state index is 12.5. The molecule has 2 aromatic carbocycles. The molecule has 8 nitrogen and oxygen atoms in total. The molecule has 3 aromatic rings. The number of amides is 1. The Kier molecular flexibility index (Phi) is 4.42. The Morgan fingerprint density at radius 2 is 2.12 bits per heavy atom. The Balaban J connectivity index is 1.89. The minimum absolute atomic E-state index is 0.0877. The lowest BCUT2D eigenvalue weighted by Crippen LogP contribution is -2.13. The van der Waals surface area contributed by atoms with Crippen LogP contribution in [0.2, 0.25) is 0 Å². The number of anilines is 1. The molecule has 0 spiro atoms. The molecule has 0 aliphatic rings. The number of carbonyl (C=O) groups excluding carboxylic acids is 1. The van der Waals surface area contributed by atoms with E-state index in [0.29, 0.717) is 5.69 Å². The van der Waals surface area contributed by atoms with Crippen molar-refractivity contribution in [3.05, 3.63) is 76.9 Å². The topological polar surface area (TPSA) is 99.3 Å². The Morgan fingerprint density at radius 1 is 1.28 bits per heavy atom. The van der Waals surface area contributed by atoms with Gasteiger partial charge in [0, 0.05) is 35.9 Å². The number of rotatable bonds is 5. The summed E-state index contributed by atoms with van der Waals surface area (Å²) in [5.41, 5.74) is 1.27. The van der Waals surface area contributed by atoms with Gasteiger partial charge in [-0.3, -0.25) is 14.9 Å². The molecule has 8 heteroatoms. The summed E-state index contributed by atoms with van der Waals surface area (Å²) in [6.45, 7) is 0. The molecule has 25 heavy (non-hydrogen) atoms. The molecule has 0 saturated heterocycles. The fourth-order valence-electron chi connectivity index (χ4n) is 2.34. The number of ether oxygens (including phenoxy) is 1. The van der Waals surface area contributed by atoms with E-state index in [-0.39, 0.29) is 17.0 Å². The Hall–Kier alpha value is -3.68. The van der Waals surface area contributed by atoms with E-state index in [1.165, 1.54) is 25.3 Å². The van der Waals surface area contributed by atoms with Gasteiger partial charge in [-0.1, -0.05) is 6.07 Å². The van der Waals surface area contributed by atoms with Crippen LogP contribution in [-0.4, -0.2) is 27.5 Å². The molecular weight excluding hydrogens is 324 g/mol. The molecular formula is C17H14N4O4. The fourth-order valence-corrected chi connectivity index (χ4v) is 2.34.